The van der Waals surface area contributed by atoms with E-state index < -0.39 is 0 Å². The van der Waals surface area contributed by atoms with E-state index in [2.05, 4.69) is 28.0 Å². The summed E-state index contributed by atoms with van der Waals surface area (Å²) in [5, 5.41) is 5.16. The molecule has 0 bridgehead atoms. The van der Waals surface area contributed by atoms with Crippen molar-refractivity contribution in [2.75, 3.05) is 25.5 Å². The highest BCUT2D eigenvalue weighted by Crippen LogP contribution is 2.37. The fourth-order valence-electron chi connectivity index (χ4n) is 4.14. The van der Waals surface area contributed by atoms with Crippen LogP contribution in [0.1, 0.15) is 42.3 Å². The zero-order chi connectivity index (χ0) is 21.3. The number of hydrogen-bond acceptors (Lipinski definition) is 5. The van der Waals surface area contributed by atoms with E-state index in [1.54, 1.807) is 0 Å². The summed E-state index contributed by atoms with van der Waals surface area (Å²) in [6, 6.07) is 8.20. The molecule has 0 unspecified atom stereocenters. The first-order chi connectivity index (χ1) is 14.4. The molecule has 0 amide bonds. The van der Waals surface area contributed by atoms with E-state index in [4.69, 9.17) is 16.6 Å². The zero-order valence-corrected chi connectivity index (χ0v) is 18.9. The van der Waals surface area contributed by atoms with Crippen LogP contribution in [0.25, 0.3) is 11.1 Å². The second-order valence-electron chi connectivity index (χ2n) is 8.23. The van der Waals surface area contributed by atoms with Crippen molar-refractivity contribution in [3.05, 3.63) is 58.6 Å². The van der Waals surface area contributed by atoms with Crippen LogP contribution in [0.15, 0.2) is 36.7 Å². The summed E-state index contributed by atoms with van der Waals surface area (Å²) in [7, 11) is 5.96. The molecule has 2 aromatic heterocycles. The number of halogens is 1. The van der Waals surface area contributed by atoms with Crippen LogP contribution in [0.3, 0.4) is 0 Å². The molecule has 1 aromatic carbocycles. The predicted octanol–water partition coefficient (Wildman–Crippen LogP) is 4.63. The smallest absolute Gasteiger partial charge is 0.225 e. The number of nitrogens with zero attached hydrogens (tertiary/aromatic N) is 6. The summed E-state index contributed by atoms with van der Waals surface area (Å²) in [6.45, 7) is 4.06. The van der Waals surface area contributed by atoms with Crippen molar-refractivity contribution >= 4 is 17.5 Å². The largest absolute Gasteiger partial charge is 0.347 e. The summed E-state index contributed by atoms with van der Waals surface area (Å²) in [6.07, 6.45) is 7.42. The molecule has 0 radical (unpaired) electrons. The van der Waals surface area contributed by atoms with E-state index in [1.165, 1.54) is 24.1 Å². The fourth-order valence-corrected chi connectivity index (χ4v) is 4.33. The van der Waals surface area contributed by atoms with E-state index in [0.29, 0.717) is 0 Å². The van der Waals surface area contributed by atoms with Crippen molar-refractivity contribution in [3.8, 4) is 11.1 Å². The minimum absolute atomic E-state index is 0.231. The SMILES string of the molecule is Cc1c(CN2CCCC[C@H]2c2nc(N(C)C)ncc2-c2cccc(Cl)c2)cnn1C. The lowest BCUT2D eigenvalue weighted by Crippen LogP contribution is -2.34. The van der Waals surface area contributed by atoms with Gasteiger partial charge in [-0.25, -0.2) is 9.97 Å². The molecular formula is C23H29ClN6. The number of hydrogen-bond donors (Lipinski definition) is 0. The Morgan fingerprint density at radius 3 is 2.73 bits per heavy atom. The normalized spacial score (nSPS) is 17.3. The molecule has 6 nitrogen and oxygen atoms in total. The van der Waals surface area contributed by atoms with Crippen LogP contribution in [-0.2, 0) is 13.6 Å². The van der Waals surface area contributed by atoms with Gasteiger partial charge in [0.25, 0.3) is 0 Å². The Bertz CT molecular complexity index is 1030. The Morgan fingerprint density at radius 2 is 2.03 bits per heavy atom. The van der Waals surface area contributed by atoms with Gasteiger partial charge in [0, 0.05) is 55.7 Å². The molecule has 30 heavy (non-hydrogen) atoms. The number of piperidine rings is 1. The van der Waals surface area contributed by atoms with Crippen molar-refractivity contribution in [1.29, 1.82) is 0 Å². The fraction of sp³-hybridized carbons (Fsp3) is 0.435. The van der Waals surface area contributed by atoms with Crippen molar-refractivity contribution in [2.24, 2.45) is 7.05 Å². The van der Waals surface area contributed by atoms with Crippen molar-refractivity contribution in [1.82, 2.24) is 24.6 Å². The van der Waals surface area contributed by atoms with Gasteiger partial charge in [0.05, 0.1) is 17.9 Å². The molecule has 1 aliphatic heterocycles. The van der Waals surface area contributed by atoms with Crippen molar-refractivity contribution in [2.45, 2.75) is 38.8 Å². The number of anilines is 1. The van der Waals surface area contributed by atoms with Gasteiger partial charge in [0.15, 0.2) is 0 Å². The van der Waals surface area contributed by atoms with E-state index in [1.807, 2.05) is 61.3 Å². The minimum atomic E-state index is 0.231. The van der Waals surface area contributed by atoms with Crippen molar-refractivity contribution in [3.63, 3.8) is 0 Å². The molecular weight excluding hydrogens is 396 g/mol. The molecule has 0 N–H and O–H groups in total. The van der Waals surface area contributed by atoms with Gasteiger partial charge in [-0.3, -0.25) is 9.58 Å². The van der Waals surface area contributed by atoms with Crippen LogP contribution in [0.2, 0.25) is 5.02 Å². The number of aromatic nitrogens is 4. The molecule has 1 saturated heterocycles. The Morgan fingerprint density at radius 1 is 1.20 bits per heavy atom. The number of benzene rings is 1. The Balaban J connectivity index is 1.77. The Hall–Kier alpha value is -2.44. The molecule has 1 aliphatic rings. The van der Waals surface area contributed by atoms with Gasteiger partial charge in [-0.05, 0) is 44.0 Å². The summed E-state index contributed by atoms with van der Waals surface area (Å²) in [5.41, 5.74) is 5.69. The molecule has 1 atom stereocenters. The molecule has 3 heterocycles. The average Bonchev–Trinajstić information content (AvgIpc) is 3.06. The molecule has 0 aliphatic carbocycles. The van der Waals surface area contributed by atoms with Crippen LogP contribution in [-0.4, -0.2) is 45.3 Å². The quantitative estimate of drug-likeness (QED) is 0.597. The molecule has 0 saturated carbocycles. The third-order valence-electron chi connectivity index (χ3n) is 5.98. The molecule has 0 spiro atoms. The lowest BCUT2D eigenvalue weighted by Gasteiger charge is -2.36. The van der Waals surface area contributed by atoms with Gasteiger partial charge < -0.3 is 4.90 Å². The third kappa shape index (κ3) is 4.20. The van der Waals surface area contributed by atoms with Gasteiger partial charge in [0.2, 0.25) is 5.95 Å². The van der Waals surface area contributed by atoms with E-state index in [0.717, 1.165) is 47.3 Å². The first kappa shape index (κ1) is 20.8. The lowest BCUT2D eigenvalue weighted by molar-refractivity contribution is 0.137. The van der Waals surface area contributed by atoms with Crippen LogP contribution < -0.4 is 4.90 Å². The average molecular weight is 425 g/mol. The lowest BCUT2D eigenvalue weighted by atomic mass is 9.93. The maximum atomic E-state index is 6.30. The number of aryl methyl sites for hydroxylation is 1. The number of rotatable bonds is 5. The van der Waals surface area contributed by atoms with Gasteiger partial charge in [-0.2, -0.15) is 5.10 Å². The second-order valence-corrected chi connectivity index (χ2v) is 8.67. The highest BCUT2D eigenvalue weighted by atomic mass is 35.5. The first-order valence-electron chi connectivity index (χ1n) is 10.5. The van der Waals surface area contributed by atoms with Gasteiger partial charge in [-0.15, -0.1) is 0 Å². The first-order valence-corrected chi connectivity index (χ1v) is 10.8. The summed E-state index contributed by atoms with van der Waals surface area (Å²) in [4.78, 5) is 14.1. The minimum Gasteiger partial charge on any atom is -0.347 e. The van der Waals surface area contributed by atoms with E-state index in [9.17, 15) is 0 Å². The summed E-state index contributed by atoms with van der Waals surface area (Å²) >= 11 is 6.30. The predicted molar refractivity (Wildman–Crippen MR) is 122 cm³/mol. The standard InChI is InChI=1S/C23H29ClN6/c1-16-18(13-26-29(16)4)15-30-11-6-5-10-21(30)22-20(14-25-23(27-22)28(2)3)17-8-7-9-19(24)12-17/h7-9,12-14,21H,5-6,10-11,15H2,1-4H3/t21-/m0/s1. The van der Waals surface area contributed by atoms with E-state index in [-0.39, 0.29) is 6.04 Å². The van der Waals surface area contributed by atoms with Gasteiger partial charge in [0.1, 0.15) is 0 Å². The maximum Gasteiger partial charge on any atom is 0.225 e. The molecule has 1 fully saturated rings. The second kappa shape index (κ2) is 8.74. The van der Waals surface area contributed by atoms with Gasteiger partial charge in [-0.1, -0.05) is 30.2 Å². The van der Waals surface area contributed by atoms with Crippen molar-refractivity contribution < 1.29 is 0 Å². The monoisotopic (exact) mass is 424 g/mol. The summed E-state index contributed by atoms with van der Waals surface area (Å²) < 4.78 is 1.94. The van der Waals surface area contributed by atoms with Crippen LogP contribution in [0, 0.1) is 6.92 Å². The van der Waals surface area contributed by atoms with E-state index >= 15 is 0 Å². The molecule has 3 aromatic rings. The highest BCUT2D eigenvalue weighted by Gasteiger charge is 2.29. The van der Waals surface area contributed by atoms with Crippen LogP contribution in [0.5, 0.6) is 0 Å². The zero-order valence-electron chi connectivity index (χ0n) is 18.1. The molecule has 4 rings (SSSR count). The Labute approximate surface area is 183 Å². The van der Waals surface area contributed by atoms with Crippen LogP contribution in [0.4, 0.5) is 5.95 Å². The molecule has 7 heteroatoms. The maximum absolute atomic E-state index is 6.30. The van der Waals surface area contributed by atoms with Crippen LogP contribution >= 0.6 is 11.6 Å². The highest BCUT2D eigenvalue weighted by molar-refractivity contribution is 6.30. The summed E-state index contributed by atoms with van der Waals surface area (Å²) in [5.74, 6) is 0.735. The van der Waals surface area contributed by atoms with Gasteiger partial charge >= 0.3 is 0 Å². The Kier molecular flexibility index (Phi) is 6.06. The number of likely N-dealkylation sites (tertiary alicyclic amines) is 1. The molecule has 158 valence electrons. The topological polar surface area (TPSA) is 50.1 Å². The third-order valence-corrected chi connectivity index (χ3v) is 6.22.